The second-order valence-corrected chi connectivity index (χ2v) is 7.89. The Morgan fingerprint density at radius 3 is 2.72 bits per heavy atom. The van der Waals surface area contributed by atoms with Gasteiger partial charge < -0.3 is 24.3 Å². The van der Waals surface area contributed by atoms with Gasteiger partial charge in [-0.25, -0.2) is 0 Å². The number of hydrogen-bond donors (Lipinski definition) is 1. The maximum absolute atomic E-state index is 13.1. The van der Waals surface area contributed by atoms with Crippen LogP contribution in [0.5, 0.6) is 5.75 Å². The van der Waals surface area contributed by atoms with Gasteiger partial charge in [0.1, 0.15) is 11.9 Å². The molecule has 2 amide bonds. The van der Waals surface area contributed by atoms with E-state index in [1.54, 1.807) is 36.2 Å². The van der Waals surface area contributed by atoms with Gasteiger partial charge in [-0.2, -0.15) is 0 Å². The molecule has 0 unspecified atom stereocenters. The number of aryl methyl sites for hydroxylation is 1. The molecule has 3 aromatic rings. The molecule has 1 atom stereocenters. The predicted molar refractivity (Wildman–Crippen MR) is 124 cm³/mol. The topological polar surface area (TPSA) is 75.0 Å². The van der Waals surface area contributed by atoms with Crippen LogP contribution in [0.1, 0.15) is 33.4 Å². The van der Waals surface area contributed by atoms with E-state index in [1.807, 2.05) is 31.2 Å². The fourth-order valence-corrected chi connectivity index (χ4v) is 3.86. The summed E-state index contributed by atoms with van der Waals surface area (Å²) in [5.74, 6) is 0.562. The van der Waals surface area contributed by atoms with Crippen LogP contribution in [0.25, 0.3) is 0 Å². The predicted octanol–water partition coefficient (Wildman–Crippen LogP) is 4.20. The fourth-order valence-electron chi connectivity index (χ4n) is 3.86. The summed E-state index contributed by atoms with van der Waals surface area (Å²) in [6.45, 7) is 6.02. The third kappa shape index (κ3) is 4.46. The van der Waals surface area contributed by atoms with E-state index < -0.39 is 0 Å². The van der Waals surface area contributed by atoms with E-state index in [0.29, 0.717) is 24.3 Å². The van der Waals surface area contributed by atoms with E-state index in [9.17, 15) is 9.59 Å². The Morgan fingerprint density at radius 2 is 1.97 bits per heavy atom. The summed E-state index contributed by atoms with van der Waals surface area (Å²) in [4.78, 5) is 29.4. The van der Waals surface area contributed by atoms with Gasteiger partial charge in [-0.05, 0) is 55.8 Å². The minimum absolute atomic E-state index is 0.135. The Kier molecular flexibility index (Phi) is 6.16. The smallest absolute Gasteiger partial charge is 0.291 e. The molecule has 32 heavy (non-hydrogen) atoms. The summed E-state index contributed by atoms with van der Waals surface area (Å²) in [6, 6.07) is 16.5. The van der Waals surface area contributed by atoms with E-state index in [0.717, 1.165) is 23.5 Å². The SMILES string of the molecule is CCN1C[C@H](CN(C)C(=O)c2ccc(C)c(NC(=O)c3ccco3)c2)Oc2ccccc21. The number of rotatable bonds is 6. The van der Waals surface area contributed by atoms with Gasteiger partial charge in [0, 0.05) is 24.8 Å². The minimum Gasteiger partial charge on any atom is -0.485 e. The van der Waals surface area contributed by atoms with Crippen molar-refractivity contribution in [3.05, 3.63) is 77.7 Å². The van der Waals surface area contributed by atoms with Gasteiger partial charge in [0.05, 0.1) is 25.0 Å². The lowest BCUT2D eigenvalue weighted by molar-refractivity contribution is 0.0709. The molecule has 1 N–H and O–H groups in total. The van der Waals surface area contributed by atoms with Crippen LogP contribution in [0, 0.1) is 6.92 Å². The number of nitrogens with one attached hydrogen (secondary N) is 1. The van der Waals surface area contributed by atoms with E-state index >= 15 is 0 Å². The zero-order chi connectivity index (χ0) is 22.7. The molecule has 2 aromatic carbocycles. The van der Waals surface area contributed by atoms with Crippen LogP contribution in [0.2, 0.25) is 0 Å². The zero-order valence-corrected chi connectivity index (χ0v) is 18.5. The number of furan rings is 1. The molecule has 1 aliphatic rings. The number of carbonyl (C=O) groups is 2. The maximum atomic E-state index is 13.1. The molecule has 0 aliphatic carbocycles. The van der Waals surface area contributed by atoms with Gasteiger partial charge in [0.25, 0.3) is 11.8 Å². The van der Waals surface area contributed by atoms with Crippen molar-refractivity contribution in [2.45, 2.75) is 20.0 Å². The Hall–Kier alpha value is -3.74. The van der Waals surface area contributed by atoms with Crippen molar-refractivity contribution in [2.75, 3.05) is 36.9 Å². The lowest BCUT2D eigenvalue weighted by Crippen LogP contribution is -2.46. The molecule has 0 spiro atoms. The molecule has 1 aromatic heterocycles. The van der Waals surface area contributed by atoms with Crippen LogP contribution in [0.4, 0.5) is 11.4 Å². The first-order chi connectivity index (χ1) is 15.5. The van der Waals surface area contributed by atoms with Crippen LogP contribution in [-0.2, 0) is 0 Å². The highest BCUT2D eigenvalue weighted by Gasteiger charge is 2.27. The van der Waals surface area contributed by atoms with Gasteiger partial charge in [0.2, 0.25) is 0 Å². The van der Waals surface area contributed by atoms with Gasteiger partial charge in [-0.1, -0.05) is 18.2 Å². The number of benzene rings is 2. The Bertz CT molecular complexity index is 1110. The van der Waals surface area contributed by atoms with Gasteiger partial charge in [-0.15, -0.1) is 0 Å². The van der Waals surface area contributed by atoms with Crippen LogP contribution < -0.4 is 15.0 Å². The summed E-state index contributed by atoms with van der Waals surface area (Å²) in [5, 5.41) is 2.82. The molecule has 166 valence electrons. The molecular weight excluding hydrogens is 406 g/mol. The molecule has 2 heterocycles. The minimum atomic E-state index is -0.356. The quantitative estimate of drug-likeness (QED) is 0.631. The highest BCUT2D eigenvalue weighted by Crippen LogP contribution is 2.33. The average Bonchev–Trinajstić information content (AvgIpc) is 3.34. The Balaban J connectivity index is 1.45. The number of para-hydroxylation sites is 2. The molecule has 0 fully saturated rings. The second kappa shape index (κ2) is 9.18. The van der Waals surface area contributed by atoms with E-state index in [4.69, 9.17) is 9.15 Å². The average molecular weight is 434 g/mol. The number of ether oxygens (including phenoxy) is 1. The van der Waals surface area contributed by atoms with Crippen LogP contribution in [-0.4, -0.2) is 49.5 Å². The van der Waals surface area contributed by atoms with E-state index in [1.165, 1.54) is 6.26 Å². The van der Waals surface area contributed by atoms with Crippen molar-refractivity contribution < 1.29 is 18.7 Å². The van der Waals surface area contributed by atoms with Crippen molar-refractivity contribution in [1.29, 1.82) is 0 Å². The van der Waals surface area contributed by atoms with Crippen molar-refractivity contribution in [2.24, 2.45) is 0 Å². The lowest BCUT2D eigenvalue weighted by Gasteiger charge is -2.37. The third-order valence-corrected chi connectivity index (χ3v) is 5.61. The van der Waals surface area contributed by atoms with Gasteiger partial charge >= 0.3 is 0 Å². The molecule has 7 nitrogen and oxygen atoms in total. The summed E-state index contributed by atoms with van der Waals surface area (Å²) in [7, 11) is 1.77. The number of carbonyl (C=O) groups excluding carboxylic acids is 2. The Labute approximate surface area is 187 Å². The molecule has 0 saturated carbocycles. The Morgan fingerprint density at radius 1 is 1.16 bits per heavy atom. The standard InChI is InChI=1S/C25H27N3O4/c1-4-28-16-19(32-22-9-6-5-8-21(22)28)15-27(3)25(30)18-12-11-17(2)20(14-18)26-24(29)23-10-7-13-31-23/h5-14,19H,4,15-16H2,1-3H3,(H,26,29)/t19-/m0/s1. The third-order valence-electron chi connectivity index (χ3n) is 5.61. The fraction of sp³-hybridized carbons (Fsp3) is 0.280. The largest absolute Gasteiger partial charge is 0.485 e. The highest BCUT2D eigenvalue weighted by molar-refractivity contribution is 6.03. The molecule has 0 saturated heterocycles. The summed E-state index contributed by atoms with van der Waals surface area (Å²) in [5.41, 5.74) is 3.01. The second-order valence-electron chi connectivity index (χ2n) is 7.89. The van der Waals surface area contributed by atoms with Crippen molar-refractivity contribution >= 4 is 23.2 Å². The van der Waals surface area contributed by atoms with Crippen LogP contribution in [0.3, 0.4) is 0 Å². The first-order valence-corrected chi connectivity index (χ1v) is 10.7. The van der Waals surface area contributed by atoms with Gasteiger partial charge in [-0.3, -0.25) is 9.59 Å². The van der Waals surface area contributed by atoms with E-state index in [-0.39, 0.29) is 23.7 Å². The first kappa shape index (κ1) is 21.5. The number of likely N-dealkylation sites (N-methyl/N-ethyl adjacent to an activating group) is 2. The normalized spacial score (nSPS) is 15.0. The maximum Gasteiger partial charge on any atom is 0.291 e. The summed E-state index contributed by atoms with van der Waals surface area (Å²) >= 11 is 0. The number of anilines is 2. The summed E-state index contributed by atoms with van der Waals surface area (Å²) < 4.78 is 11.3. The molecule has 7 heteroatoms. The van der Waals surface area contributed by atoms with E-state index in [2.05, 4.69) is 23.2 Å². The monoisotopic (exact) mass is 433 g/mol. The first-order valence-electron chi connectivity index (χ1n) is 10.7. The van der Waals surface area contributed by atoms with Crippen molar-refractivity contribution in [3.8, 4) is 5.75 Å². The number of nitrogens with zero attached hydrogens (tertiary/aromatic N) is 2. The highest BCUT2D eigenvalue weighted by atomic mass is 16.5. The van der Waals surface area contributed by atoms with Crippen LogP contribution in [0.15, 0.2) is 65.3 Å². The number of hydrogen-bond acceptors (Lipinski definition) is 5. The molecular formula is C25H27N3O4. The molecule has 0 bridgehead atoms. The molecule has 1 aliphatic heterocycles. The van der Waals surface area contributed by atoms with Gasteiger partial charge in [0.15, 0.2) is 5.76 Å². The molecule has 0 radical (unpaired) electrons. The van der Waals surface area contributed by atoms with Crippen molar-refractivity contribution in [1.82, 2.24) is 4.90 Å². The lowest BCUT2D eigenvalue weighted by atomic mass is 10.1. The number of fused-ring (bicyclic) bond motifs is 1. The van der Waals surface area contributed by atoms with Crippen LogP contribution >= 0.6 is 0 Å². The summed E-state index contributed by atoms with van der Waals surface area (Å²) in [6.07, 6.45) is 1.31. The van der Waals surface area contributed by atoms with Crippen molar-refractivity contribution in [3.63, 3.8) is 0 Å². The molecule has 4 rings (SSSR count). The zero-order valence-electron chi connectivity index (χ0n) is 18.5. The number of amides is 2.